The van der Waals surface area contributed by atoms with Gasteiger partial charge in [-0.3, -0.25) is 9.59 Å². The molecule has 0 unspecified atom stereocenters. The molecule has 8 heteroatoms. The first-order valence-electron chi connectivity index (χ1n) is 8.44. The van der Waals surface area contributed by atoms with Crippen molar-refractivity contribution >= 4 is 33.0 Å². The van der Waals surface area contributed by atoms with Gasteiger partial charge in [0, 0.05) is 23.5 Å². The second kappa shape index (κ2) is 6.76. The Bertz CT molecular complexity index is 781. The first-order valence-corrected chi connectivity index (χ1v) is 10.3. The summed E-state index contributed by atoms with van der Waals surface area (Å²) >= 11 is 0. The monoisotopic (exact) mass is 365 g/mol. The van der Waals surface area contributed by atoms with Crippen LogP contribution < -0.4 is 16.0 Å². The van der Waals surface area contributed by atoms with Gasteiger partial charge in [-0.25, -0.2) is 8.42 Å². The average Bonchev–Trinajstić information content (AvgIpc) is 3.39. The summed E-state index contributed by atoms with van der Waals surface area (Å²) in [5.41, 5.74) is 1.06. The predicted molar refractivity (Wildman–Crippen MR) is 96.1 cm³/mol. The molecule has 1 heterocycles. The highest BCUT2D eigenvalue weighted by Crippen LogP contribution is 2.31. The third-order valence-electron chi connectivity index (χ3n) is 4.87. The first-order chi connectivity index (χ1) is 11.8. The largest absolute Gasteiger partial charge is 0.326 e. The van der Waals surface area contributed by atoms with Gasteiger partial charge in [-0.2, -0.15) is 0 Å². The highest BCUT2D eigenvalue weighted by Gasteiger charge is 2.48. The van der Waals surface area contributed by atoms with Crippen molar-refractivity contribution in [3.05, 3.63) is 24.3 Å². The predicted octanol–water partition coefficient (Wildman–Crippen LogP) is 1.14. The van der Waals surface area contributed by atoms with Gasteiger partial charge in [0.25, 0.3) is 0 Å². The molecular weight excluding hydrogens is 342 g/mol. The van der Waals surface area contributed by atoms with Gasteiger partial charge in [0.05, 0.1) is 0 Å². The zero-order chi connectivity index (χ0) is 18.1. The van der Waals surface area contributed by atoms with Gasteiger partial charge < -0.3 is 16.0 Å². The van der Waals surface area contributed by atoms with E-state index in [1.165, 1.54) is 0 Å². The van der Waals surface area contributed by atoms with Crippen LogP contribution in [0.5, 0.6) is 0 Å². The van der Waals surface area contributed by atoms with Gasteiger partial charge in [0.15, 0.2) is 14.6 Å². The van der Waals surface area contributed by atoms with Gasteiger partial charge >= 0.3 is 0 Å². The SMILES string of the molecule is CS(=O)(=O)C1(C(=O)Nc2cccc(NC(=O)C3CC3)c2)CCNCC1. The normalized spacial score (nSPS) is 19.9. The van der Waals surface area contributed by atoms with Crippen LogP contribution in [-0.2, 0) is 19.4 Å². The van der Waals surface area contributed by atoms with Crippen LogP contribution in [0.1, 0.15) is 25.7 Å². The second-order valence-electron chi connectivity index (χ2n) is 6.81. The maximum Gasteiger partial charge on any atom is 0.245 e. The van der Waals surface area contributed by atoms with E-state index in [2.05, 4.69) is 16.0 Å². The van der Waals surface area contributed by atoms with E-state index in [0.29, 0.717) is 24.5 Å². The fourth-order valence-corrected chi connectivity index (χ4v) is 4.44. The minimum Gasteiger partial charge on any atom is -0.326 e. The number of amides is 2. The Kier molecular flexibility index (Phi) is 4.83. The van der Waals surface area contributed by atoms with Crippen molar-refractivity contribution < 1.29 is 18.0 Å². The molecule has 1 aromatic carbocycles. The fourth-order valence-electron chi connectivity index (χ4n) is 3.11. The van der Waals surface area contributed by atoms with Crippen molar-refractivity contribution in [2.24, 2.45) is 5.92 Å². The number of anilines is 2. The Morgan fingerprint density at radius 3 is 2.28 bits per heavy atom. The summed E-state index contributed by atoms with van der Waals surface area (Å²) < 4.78 is 23.2. The number of rotatable bonds is 5. The Hall–Kier alpha value is -1.93. The van der Waals surface area contributed by atoms with Crippen molar-refractivity contribution in [1.29, 1.82) is 0 Å². The van der Waals surface area contributed by atoms with Gasteiger partial charge in [0.2, 0.25) is 11.8 Å². The summed E-state index contributed by atoms with van der Waals surface area (Å²) in [6, 6.07) is 6.79. The first kappa shape index (κ1) is 17.9. The van der Waals surface area contributed by atoms with Crippen LogP contribution in [0.4, 0.5) is 11.4 Å². The van der Waals surface area contributed by atoms with Crippen LogP contribution in [0.25, 0.3) is 0 Å². The third kappa shape index (κ3) is 3.85. The Morgan fingerprint density at radius 2 is 1.72 bits per heavy atom. The molecule has 1 aromatic rings. The number of nitrogens with one attached hydrogen (secondary N) is 3. The highest BCUT2D eigenvalue weighted by atomic mass is 32.2. The summed E-state index contributed by atoms with van der Waals surface area (Å²) in [7, 11) is -3.56. The lowest BCUT2D eigenvalue weighted by atomic mass is 9.95. The highest BCUT2D eigenvalue weighted by molar-refractivity contribution is 7.92. The average molecular weight is 365 g/mol. The maximum atomic E-state index is 12.8. The topological polar surface area (TPSA) is 104 Å². The molecule has 1 saturated heterocycles. The van der Waals surface area contributed by atoms with Crippen molar-refractivity contribution in [3.8, 4) is 0 Å². The zero-order valence-corrected chi connectivity index (χ0v) is 15.0. The molecule has 0 bridgehead atoms. The standard InChI is InChI=1S/C17H23N3O4S/c1-25(23,24)17(7-9-18-10-8-17)16(22)20-14-4-2-3-13(11-14)19-15(21)12-5-6-12/h2-4,11-12,18H,5-10H2,1H3,(H,19,21)(H,20,22). The minimum atomic E-state index is -3.56. The van der Waals surface area contributed by atoms with Crippen LogP contribution in [0, 0.1) is 5.92 Å². The quantitative estimate of drug-likeness (QED) is 0.726. The number of carbonyl (C=O) groups is 2. The van der Waals surface area contributed by atoms with Crippen LogP contribution in [0.3, 0.4) is 0 Å². The number of piperidine rings is 1. The van der Waals surface area contributed by atoms with E-state index in [-0.39, 0.29) is 24.7 Å². The molecule has 1 saturated carbocycles. The molecule has 136 valence electrons. The van der Waals surface area contributed by atoms with Crippen LogP contribution in [-0.4, -0.2) is 44.3 Å². The zero-order valence-electron chi connectivity index (χ0n) is 14.2. The maximum absolute atomic E-state index is 12.8. The molecule has 2 amide bonds. The molecule has 25 heavy (non-hydrogen) atoms. The lowest BCUT2D eigenvalue weighted by molar-refractivity contribution is -0.119. The molecule has 1 aliphatic carbocycles. The number of benzene rings is 1. The minimum absolute atomic E-state index is 0.0190. The lowest BCUT2D eigenvalue weighted by Crippen LogP contribution is -2.55. The summed E-state index contributed by atoms with van der Waals surface area (Å²) in [5, 5.41) is 8.62. The van der Waals surface area contributed by atoms with Crippen molar-refractivity contribution in [2.75, 3.05) is 30.0 Å². The fraction of sp³-hybridized carbons (Fsp3) is 0.529. The van der Waals surface area contributed by atoms with Crippen LogP contribution in [0.15, 0.2) is 24.3 Å². The molecule has 1 aliphatic heterocycles. The summed E-state index contributed by atoms with van der Waals surface area (Å²) in [6.07, 6.45) is 3.43. The van der Waals surface area contributed by atoms with Gasteiger partial charge in [-0.1, -0.05) is 6.07 Å². The van der Waals surface area contributed by atoms with Gasteiger partial charge in [-0.15, -0.1) is 0 Å². The van der Waals surface area contributed by atoms with Crippen molar-refractivity contribution in [2.45, 2.75) is 30.4 Å². The molecule has 7 nitrogen and oxygen atoms in total. The van der Waals surface area contributed by atoms with E-state index in [0.717, 1.165) is 19.1 Å². The molecule has 0 atom stereocenters. The van der Waals surface area contributed by atoms with Crippen molar-refractivity contribution in [3.63, 3.8) is 0 Å². The van der Waals surface area contributed by atoms with E-state index in [1.807, 2.05) is 0 Å². The molecule has 3 rings (SSSR count). The van der Waals surface area contributed by atoms with E-state index < -0.39 is 20.5 Å². The molecular formula is C17H23N3O4S. The van der Waals surface area contributed by atoms with Crippen LogP contribution >= 0.6 is 0 Å². The van der Waals surface area contributed by atoms with Gasteiger partial charge in [-0.05, 0) is 57.0 Å². The smallest absolute Gasteiger partial charge is 0.245 e. The number of carbonyl (C=O) groups excluding carboxylic acids is 2. The molecule has 0 spiro atoms. The van der Waals surface area contributed by atoms with E-state index in [9.17, 15) is 18.0 Å². The Morgan fingerprint density at radius 1 is 1.12 bits per heavy atom. The van der Waals surface area contributed by atoms with Crippen molar-refractivity contribution in [1.82, 2.24) is 5.32 Å². The van der Waals surface area contributed by atoms with E-state index >= 15 is 0 Å². The molecule has 2 aliphatic rings. The molecule has 0 radical (unpaired) electrons. The Labute approximate surface area is 147 Å². The number of sulfone groups is 1. The Balaban J connectivity index is 1.76. The lowest BCUT2D eigenvalue weighted by Gasteiger charge is -2.34. The van der Waals surface area contributed by atoms with E-state index in [1.54, 1.807) is 24.3 Å². The van der Waals surface area contributed by atoms with E-state index in [4.69, 9.17) is 0 Å². The number of hydrogen-bond donors (Lipinski definition) is 3. The van der Waals surface area contributed by atoms with Gasteiger partial charge in [0.1, 0.15) is 0 Å². The summed E-state index contributed by atoms with van der Waals surface area (Å²) in [4.78, 5) is 24.6. The molecule has 2 fully saturated rings. The molecule has 3 N–H and O–H groups in total. The summed E-state index contributed by atoms with van der Waals surface area (Å²) in [6.45, 7) is 0.968. The third-order valence-corrected chi connectivity index (χ3v) is 6.88. The second-order valence-corrected chi connectivity index (χ2v) is 9.14. The number of hydrogen-bond acceptors (Lipinski definition) is 5. The van der Waals surface area contributed by atoms with Crippen LogP contribution in [0.2, 0.25) is 0 Å². The molecule has 0 aromatic heterocycles. The summed E-state index contributed by atoms with van der Waals surface area (Å²) in [5.74, 6) is -0.446.